The van der Waals surface area contributed by atoms with Gasteiger partial charge in [0.15, 0.2) is 5.82 Å². The smallest absolute Gasteiger partial charge is 0.255 e. The van der Waals surface area contributed by atoms with E-state index in [1.807, 2.05) is 18.7 Å². The first kappa shape index (κ1) is 15.6. The fourth-order valence-electron chi connectivity index (χ4n) is 2.72. The van der Waals surface area contributed by atoms with E-state index in [1.54, 1.807) is 7.05 Å². The van der Waals surface area contributed by atoms with Gasteiger partial charge in [0.05, 0.1) is 30.6 Å². The topological polar surface area (TPSA) is 60.2 Å². The lowest BCUT2D eigenvalue weighted by Crippen LogP contribution is -2.50. The van der Waals surface area contributed by atoms with Crippen LogP contribution in [0.25, 0.3) is 11.3 Å². The predicted octanol–water partition coefficient (Wildman–Crippen LogP) is 1.59. The predicted molar refractivity (Wildman–Crippen MR) is 84.9 cm³/mol. The van der Waals surface area contributed by atoms with E-state index in [2.05, 4.69) is 9.97 Å². The molecule has 0 aliphatic carbocycles. The summed E-state index contributed by atoms with van der Waals surface area (Å²) in [5, 5.41) is 0. The second-order valence-electron chi connectivity index (χ2n) is 5.70. The Morgan fingerprint density at radius 3 is 2.91 bits per heavy atom. The van der Waals surface area contributed by atoms with Gasteiger partial charge in [-0.1, -0.05) is 0 Å². The first-order chi connectivity index (χ1) is 11.0. The number of ether oxygens (including phenoxy) is 1. The zero-order valence-electron chi connectivity index (χ0n) is 13.4. The van der Waals surface area contributed by atoms with E-state index >= 15 is 0 Å². The summed E-state index contributed by atoms with van der Waals surface area (Å²) in [5.74, 6) is 0.0222. The van der Waals surface area contributed by atoms with Crippen LogP contribution in [0.3, 0.4) is 0 Å². The van der Waals surface area contributed by atoms with E-state index in [-0.39, 0.29) is 23.3 Å². The molecule has 1 aliphatic rings. The summed E-state index contributed by atoms with van der Waals surface area (Å²) < 4.78 is 21.1. The molecule has 1 unspecified atom stereocenters. The Bertz CT molecular complexity index is 777. The molecule has 1 fully saturated rings. The van der Waals surface area contributed by atoms with Crippen LogP contribution in [0.4, 0.5) is 10.3 Å². The average Bonchev–Trinajstić information content (AvgIpc) is 2.53. The second-order valence-corrected chi connectivity index (χ2v) is 5.70. The molecule has 0 bridgehead atoms. The van der Waals surface area contributed by atoms with Gasteiger partial charge in [0.25, 0.3) is 5.56 Å². The monoisotopic (exact) mass is 318 g/mol. The van der Waals surface area contributed by atoms with Gasteiger partial charge < -0.3 is 9.64 Å². The summed E-state index contributed by atoms with van der Waals surface area (Å²) in [6.07, 6.45) is 2.63. The van der Waals surface area contributed by atoms with Crippen LogP contribution in [0, 0.1) is 5.82 Å². The van der Waals surface area contributed by atoms with Crippen LogP contribution in [0.15, 0.2) is 29.3 Å². The summed E-state index contributed by atoms with van der Waals surface area (Å²) in [5.41, 5.74) is 0.356. The van der Waals surface area contributed by atoms with Gasteiger partial charge in [-0.15, -0.1) is 0 Å². The highest BCUT2D eigenvalue weighted by atomic mass is 19.1. The Morgan fingerprint density at radius 1 is 1.39 bits per heavy atom. The molecule has 0 saturated carbocycles. The van der Waals surface area contributed by atoms with Crippen molar-refractivity contribution < 1.29 is 9.13 Å². The molecule has 1 saturated heterocycles. The minimum Gasteiger partial charge on any atom is -0.375 e. The lowest BCUT2D eigenvalue weighted by atomic mass is 10.1. The molecule has 6 nitrogen and oxygen atoms in total. The quantitative estimate of drug-likeness (QED) is 0.842. The number of hydrogen-bond donors (Lipinski definition) is 0. The van der Waals surface area contributed by atoms with E-state index in [1.165, 1.54) is 22.9 Å². The first-order valence-corrected chi connectivity index (χ1v) is 7.55. The van der Waals surface area contributed by atoms with Crippen LogP contribution in [-0.4, -0.2) is 39.8 Å². The van der Waals surface area contributed by atoms with Crippen molar-refractivity contribution in [3.05, 3.63) is 40.7 Å². The number of nitrogens with zero attached hydrogens (tertiary/aromatic N) is 4. The van der Waals surface area contributed by atoms with Gasteiger partial charge in [-0.05, 0) is 19.9 Å². The fourth-order valence-corrected chi connectivity index (χ4v) is 2.72. The molecule has 0 N–H and O–H groups in total. The lowest BCUT2D eigenvalue weighted by molar-refractivity contribution is 0.0274. The molecule has 2 aromatic heterocycles. The lowest BCUT2D eigenvalue weighted by Gasteiger charge is -2.39. The van der Waals surface area contributed by atoms with Crippen molar-refractivity contribution in [2.75, 3.05) is 18.1 Å². The largest absolute Gasteiger partial charge is 0.375 e. The first-order valence-electron chi connectivity index (χ1n) is 7.55. The number of morpholine rings is 1. The summed E-state index contributed by atoms with van der Waals surface area (Å²) in [7, 11) is 1.67. The van der Waals surface area contributed by atoms with Gasteiger partial charge in [-0.3, -0.25) is 14.3 Å². The SMILES string of the molecule is CC1[C@@H](C)OCCN1c1nc(-c2ccncc2F)cc(=O)n1C. The standard InChI is InChI=1S/C16H19FN4O2/c1-10-11(2)23-7-6-21(10)16-19-14(8-15(22)20(16)3)12-4-5-18-9-13(12)17/h4-5,8-11H,6-7H2,1-3H3/t10?,11-/m1/s1. The molecule has 0 radical (unpaired) electrons. The van der Waals surface area contributed by atoms with Crippen molar-refractivity contribution in [1.82, 2.24) is 14.5 Å². The summed E-state index contributed by atoms with van der Waals surface area (Å²) >= 11 is 0. The third kappa shape index (κ3) is 2.84. The van der Waals surface area contributed by atoms with Gasteiger partial charge >= 0.3 is 0 Å². The molecule has 1 aliphatic heterocycles. The minimum atomic E-state index is -0.498. The second kappa shape index (κ2) is 6.08. The zero-order chi connectivity index (χ0) is 16.6. The maximum absolute atomic E-state index is 14.0. The summed E-state index contributed by atoms with van der Waals surface area (Å²) in [6, 6.07) is 2.93. The highest BCUT2D eigenvalue weighted by Gasteiger charge is 2.28. The van der Waals surface area contributed by atoms with Crippen molar-refractivity contribution in [3.8, 4) is 11.3 Å². The van der Waals surface area contributed by atoms with Gasteiger partial charge in [-0.25, -0.2) is 9.37 Å². The van der Waals surface area contributed by atoms with Crippen LogP contribution >= 0.6 is 0 Å². The van der Waals surface area contributed by atoms with E-state index in [4.69, 9.17) is 4.74 Å². The van der Waals surface area contributed by atoms with Gasteiger partial charge in [-0.2, -0.15) is 0 Å². The zero-order valence-corrected chi connectivity index (χ0v) is 13.4. The van der Waals surface area contributed by atoms with Gasteiger partial charge in [0.2, 0.25) is 5.95 Å². The van der Waals surface area contributed by atoms with Gasteiger partial charge in [0.1, 0.15) is 0 Å². The highest BCUT2D eigenvalue weighted by Crippen LogP contribution is 2.24. The Morgan fingerprint density at radius 2 is 2.17 bits per heavy atom. The molecule has 3 rings (SSSR count). The van der Waals surface area contributed by atoms with E-state index in [0.717, 1.165) is 6.20 Å². The Kier molecular flexibility index (Phi) is 4.12. The Hall–Kier alpha value is -2.28. The molecule has 7 heteroatoms. The number of aromatic nitrogens is 3. The molecule has 2 atom stereocenters. The molecule has 122 valence electrons. The molecule has 3 heterocycles. The normalized spacial score (nSPS) is 21.5. The van der Waals surface area contributed by atoms with Crippen LogP contribution in [0.5, 0.6) is 0 Å². The fraction of sp³-hybridized carbons (Fsp3) is 0.438. The van der Waals surface area contributed by atoms with Crippen molar-refractivity contribution in [3.63, 3.8) is 0 Å². The van der Waals surface area contributed by atoms with Crippen LogP contribution in [-0.2, 0) is 11.8 Å². The van der Waals surface area contributed by atoms with E-state index < -0.39 is 5.82 Å². The molecular weight excluding hydrogens is 299 g/mol. The average molecular weight is 318 g/mol. The third-order valence-electron chi connectivity index (χ3n) is 4.30. The van der Waals surface area contributed by atoms with Crippen molar-refractivity contribution in [2.24, 2.45) is 7.05 Å². The summed E-state index contributed by atoms with van der Waals surface area (Å²) in [4.78, 5) is 22.6. The number of halogens is 1. The molecule has 23 heavy (non-hydrogen) atoms. The van der Waals surface area contributed by atoms with Gasteiger partial charge in [0, 0.05) is 31.4 Å². The number of anilines is 1. The Balaban J connectivity index is 2.11. The van der Waals surface area contributed by atoms with E-state index in [0.29, 0.717) is 24.8 Å². The number of hydrogen-bond acceptors (Lipinski definition) is 5. The minimum absolute atomic E-state index is 0.0296. The maximum atomic E-state index is 14.0. The molecular formula is C16H19FN4O2. The number of pyridine rings is 1. The van der Waals surface area contributed by atoms with Crippen LogP contribution in [0.1, 0.15) is 13.8 Å². The number of rotatable bonds is 2. The molecule has 2 aromatic rings. The van der Waals surface area contributed by atoms with Crippen LogP contribution < -0.4 is 10.5 Å². The Labute approximate surface area is 133 Å². The molecule has 0 amide bonds. The van der Waals surface area contributed by atoms with Crippen molar-refractivity contribution in [2.45, 2.75) is 26.0 Å². The van der Waals surface area contributed by atoms with Crippen molar-refractivity contribution >= 4 is 5.95 Å². The molecule has 0 spiro atoms. The third-order valence-corrected chi connectivity index (χ3v) is 4.30. The van der Waals surface area contributed by atoms with Crippen molar-refractivity contribution in [1.29, 1.82) is 0 Å². The highest BCUT2D eigenvalue weighted by molar-refractivity contribution is 5.60. The molecule has 0 aromatic carbocycles. The van der Waals surface area contributed by atoms with E-state index in [9.17, 15) is 9.18 Å². The maximum Gasteiger partial charge on any atom is 0.255 e. The van der Waals surface area contributed by atoms with Crippen LogP contribution in [0.2, 0.25) is 0 Å². The summed E-state index contributed by atoms with van der Waals surface area (Å²) in [6.45, 7) is 5.21.